The fraction of sp³-hybridized carbons (Fsp3) is 0.588. The Bertz CT molecular complexity index is 694. The van der Waals surface area contributed by atoms with Crippen molar-refractivity contribution in [3.8, 4) is 0 Å². The van der Waals surface area contributed by atoms with Gasteiger partial charge in [-0.2, -0.15) is 0 Å². The smallest absolute Gasteiger partial charge is 0.235 e. The van der Waals surface area contributed by atoms with Crippen molar-refractivity contribution < 1.29 is 13.2 Å². The van der Waals surface area contributed by atoms with Crippen LogP contribution in [0.3, 0.4) is 0 Å². The molecule has 5 nitrogen and oxygen atoms in total. The standard InChI is InChI=1S/C17H24N2O3S/c1-13-7-8-15(19-9-4-10-23(19,21)22)12-16(13)18-17(20)11-14-5-2-3-6-14/h7-8,12,14H,2-6,9-11H2,1H3,(H,18,20). The predicted octanol–water partition coefficient (Wildman–Crippen LogP) is 3.05. The Balaban J connectivity index is 1.74. The third kappa shape index (κ3) is 3.68. The summed E-state index contributed by atoms with van der Waals surface area (Å²) < 4.78 is 25.5. The van der Waals surface area contributed by atoms with Crippen LogP contribution in [0.1, 0.15) is 44.1 Å². The molecule has 3 rings (SSSR count). The van der Waals surface area contributed by atoms with Gasteiger partial charge in [-0.05, 0) is 49.8 Å². The van der Waals surface area contributed by atoms with E-state index in [1.54, 1.807) is 6.07 Å². The molecule has 2 fully saturated rings. The topological polar surface area (TPSA) is 66.5 Å². The molecular formula is C17H24N2O3S. The maximum Gasteiger partial charge on any atom is 0.235 e. The lowest BCUT2D eigenvalue weighted by Gasteiger charge is -2.19. The van der Waals surface area contributed by atoms with E-state index >= 15 is 0 Å². The van der Waals surface area contributed by atoms with Crippen LogP contribution < -0.4 is 9.62 Å². The molecule has 1 heterocycles. The number of carbonyl (C=O) groups is 1. The molecule has 1 aliphatic heterocycles. The summed E-state index contributed by atoms with van der Waals surface area (Å²) in [5.41, 5.74) is 2.31. The Morgan fingerprint density at radius 2 is 2.00 bits per heavy atom. The van der Waals surface area contributed by atoms with Gasteiger partial charge in [0, 0.05) is 18.7 Å². The van der Waals surface area contributed by atoms with Crippen LogP contribution >= 0.6 is 0 Å². The monoisotopic (exact) mass is 336 g/mol. The number of hydrogen-bond donors (Lipinski definition) is 1. The lowest BCUT2D eigenvalue weighted by atomic mass is 10.0. The summed E-state index contributed by atoms with van der Waals surface area (Å²) >= 11 is 0. The minimum atomic E-state index is -3.20. The third-order valence-electron chi connectivity index (χ3n) is 4.83. The first-order valence-corrected chi connectivity index (χ1v) is 9.97. The van der Waals surface area contributed by atoms with E-state index < -0.39 is 10.0 Å². The van der Waals surface area contributed by atoms with Gasteiger partial charge >= 0.3 is 0 Å². The van der Waals surface area contributed by atoms with E-state index in [1.807, 2.05) is 19.1 Å². The lowest BCUT2D eigenvalue weighted by molar-refractivity contribution is -0.117. The van der Waals surface area contributed by atoms with Crippen LogP contribution in [0.25, 0.3) is 0 Å². The molecule has 1 saturated heterocycles. The van der Waals surface area contributed by atoms with Gasteiger partial charge < -0.3 is 5.32 Å². The highest BCUT2D eigenvalue weighted by atomic mass is 32.2. The molecule has 1 saturated carbocycles. The summed E-state index contributed by atoms with van der Waals surface area (Å²) in [6.45, 7) is 2.44. The van der Waals surface area contributed by atoms with Crippen molar-refractivity contribution in [2.45, 2.75) is 45.4 Å². The van der Waals surface area contributed by atoms with E-state index in [-0.39, 0.29) is 11.7 Å². The number of rotatable bonds is 4. The van der Waals surface area contributed by atoms with Crippen LogP contribution in [-0.2, 0) is 14.8 Å². The molecule has 0 aromatic heterocycles. The fourth-order valence-corrected chi connectivity index (χ4v) is 5.06. The Labute approximate surface area is 138 Å². The zero-order valence-corrected chi connectivity index (χ0v) is 14.4. The predicted molar refractivity (Wildman–Crippen MR) is 92.1 cm³/mol. The highest BCUT2D eigenvalue weighted by molar-refractivity contribution is 7.93. The molecule has 126 valence electrons. The quantitative estimate of drug-likeness (QED) is 0.919. The van der Waals surface area contributed by atoms with E-state index in [1.165, 1.54) is 17.1 Å². The number of aryl methyl sites for hydroxylation is 1. The van der Waals surface area contributed by atoms with Gasteiger partial charge in [0.2, 0.25) is 15.9 Å². The van der Waals surface area contributed by atoms with E-state index in [4.69, 9.17) is 0 Å². The maximum atomic E-state index is 12.2. The number of hydrogen-bond acceptors (Lipinski definition) is 3. The van der Waals surface area contributed by atoms with Crippen molar-refractivity contribution in [2.24, 2.45) is 5.92 Å². The lowest BCUT2D eigenvalue weighted by Crippen LogP contribution is -2.25. The molecule has 0 atom stereocenters. The Kier molecular flexibility index (Phi) is 4.62. The van der Waals surface area contributed by atoms with Crippen molar-refractivity contribution in [3.63, 3.8) is 0 Å². The number of nitrogens with one attached hydrogen (secondary N) is 1. The summed E-state index contributed by atoms with van der Waals surface area (Å²) in [6, 6.07) is 5.46. The van der Waals surface area contributed by atoms with Crippen molar-refractivity contribution in [1.82, 2.24) is 0 Å². The van der Waals surface area contributed by atoms with E-state index in [0.717, 1.165) is 18.4 Å². The van der Waals surface area contributed by atoms with Crippen molar-refractivity contribution >= 4 is 27.3 Å². The van der Waals surface area contributed by atoms with Crippen LogP contribution in [0.2, 0.25) is 0 Å². The van der Waals surface area contributed by atoms with Crippen LogP contribution in [0.5, 0.6) is 0 Å². The van der Waals surface area contributed by atoms with E-state index in [9.17, 15) is 13.2 Å². The fourth-order valence-electron chi connectivity index (χ4n) is 3.51. The van der Waals surface area contributed by atoms with Crippen LogP contribution in [0, 0.1) is 12.8 Å². The normalized spacial score (nSPS) is 20.8. The van der Waals surface area contributed by atoms with Crippen LogP contribution in [-0.4, -0.2) is 26.6 Å². The second kappa shape index (κ2) is 6.51. The SMILES string of the molecule is Cc1ccc(N2CCCS2(=O)=O)cc1NC(=O)CC1CCCC1. The van der Waals surface area contributed by atoms with Gasteiger partial charge in [0.05, 0.1) is 11.4 Å². The first-order chi connectivity index (χ1) is 11.0. The van der Waals surface area contributed by atoms with Crippen molar-refractivity contribution in [1.29, 1.82) is 0 Å². The molecule has 1 N–H and O–H groups in total. The highest BCUT2D eigenvalue weighted by Crippen LogP contribution is 2.30. The van der Waals surface area contributed by atoms with Gasteiger partial charge in [0.1, 0.15) is 0 Å². The Morgan fingerprint density at radius 1 is 1.26 bits per heavy atom. The van der Waals surface area contributed by atoms with Gasteiger partial charge in [-0.15, -0.1) is 0 Å². The Hall–Kier alpha value is -1.56. The Morgan fingerprint density at radius 3 is 2.65 bits per heavy atom. The molecule has 0 bridgehead atoms. The number of amides is 1. The number of nitrogens with zero attached hydrogens (tertiary/aromatic N) is 1. The summed E-state index contributed by atoms with van der Waals surface area (Å²) in [6.07, 6.45) is 5.93. The molecule has 2 aliphatic rings. The second-order valence-corrected chi connectivity index (χ2v) is 8.66. The molecule has 0 unspecified atom stereocenters. The number of anilines is 2. The zero-order valence-electron chi connectivity index (χ0n) is 13.5. The molecule has 6 heteroatoms. The summed E-state index contributed by atoms with van der Waals surface area (Å²) in [5, 5.41) is 2.97. The van der Waals surface area contributed by atoms with Crippen LogP contribution in [0.4, 0.5) is 11.4 Å². The molecule has 1 amide bonds. The van der Waals surface area contributed by atoms with Crippen LogP contribution in [0.15, 0.2) is 18.2 Å². The number of benzene rings is 1. The van der Waals surface area contributed by atoms with Crippen molar-refractivity contribution in [2.75, 3.05) is 21.9 Å². The number of carbonyl (C=O) groups excluding carboxylic acids is 1. The average molecular weight is 336 g/mol. The largest absolute Gasteiger partial charge is 0.326 e. The molecule has 1 aromatic rings. The molecule has 1 aliphatic carbocycles. The van der Waals surface area contributed by atoms with Crippen molar-refractivity contribution in [3.05, 3.63) is 23.8 Å². The average Bonchev–Trinajstić information content (AvgIpc) is 3.10. The first-order valence-electron chi connectivity index (χ1n) is 8.36. The first kappa shape index (κ1) is 16.3. The van der Waals surface area contributed by atoms with Gasteiger partial charge in [-0.3, -0.25) is 9.10 Å². The van der Waals surface area contributed by atoms with E-state index in [0.29, 0.717) is 36.7 Å². The molecular weight excluding hydrogens is 312 g/mol. The molecule has 23 heavy (non-hydrogen) atoms. The molecule has 0 spiro atoms. The van der Waals surface area contributed by atoms with Gasteiger partial charge in [-0.25, -0.2) is 8.42 Å². The zero-order chi connectivity index (χ0) is 16.4. The summed E-state index contributed by atoms with van der Waals surface area (Å²) in [5.74, 6) is 0.725. The second-order valence-electron chi connectivity index (χ2n) is 6.64. The molecule has 1 aromatic carbocycles. The highest BCUT2D eigenvalue weighted by Gasteiger charge is 2.28. The minimum absolute atomic E-state index is 0.0291. The van der Waals surface area contributed by atoms with E-state index in [2.05, 4.69) is 5.32 Å². The third-order valence-corrected chi connectivity index (χ3v) is 6.70. The number of sulfonamides is 1. The summed E-state index contributed by atoms with van der Waals surface area (Å²) in [7, 11) is -3.20. The maximum absolute atomic E-state index is 12.2. The molecule has 0 radical (unpaired) electrons. The minimum Gasteiger partial charge on any atom is -0.326 e. The van der Waals surface area contributed by atoms with Gasteiger partial charge in [-0.1, -0.05) is 18.9 Å². The summed E-state index contributed by atoms with van der Waals surface area (Å²) in [4.78, 5) is 12.2. The van der Waals surface area contributed by atoms with Gasteiger partial charge in [0.25, 0.3) is 0 Å². The van der Waals surface area contributed by atoms with Gasteiger partial charge in [0.15, 0.2) is 0 Å².